The Bertz CT molecular complexity index is 1150. The quantitative estimate of drug-likeness (QED) is 0.494. The Morgan fingerprint density at radius 2 is 1.94 bits per heavy atom. The maximum Gasteiger partial charge on any atom is 0.188 e. The van der Waals surface area contributed by atoms with Crippen molar-refractivity contribution in [3.05, 3.63) is 58.4 Å². The number of benzene rings is 2. The van der Waals surface area contributed by atoms with Crippen LogP contribution in [0.25, 0.3) is 15.6 Å². The molecule has 0 amide bonds. The molecule has 1 aliphatic rings. The van der Waals surface area contributed by atoms with Crippen molar-refractivity contribution in [2.45, 2.75) is 31.9 Å². The molecule has 2 N–H and O–H groups in total. The van der Waals surface area contributed by atoms with Crippen molar-refractivity contribution in [1.29, 1.82) is 0 Å². The van der Waals surface area contributed by atoms with Gasteiger partial charge in [0.25, 0.3) is 0 Å². The van der Waals surface area contributed by atoms with E-state index in [9.17, 15) is 5.11 Å². The summed E-state index contributed by atoms with van der Waals surface area (Å²) in [6.07, 6.45) is 1.35. The molecule has 0 saturated carbocycles. The van der Waals surface area contributed by atoms with Gasteiger partial charge in [-0.2, -0.15) is 0 Å². The fraction of sp³-hybridized carbons (Fsp3) is 0.348. The molecular formula is C23H25Cl2N5O2. The largest absolute Gasteiger partial charge is 0.495 e. The van der Waals surface area contributed by atoms with Crippen molar-refractivity contribution in [3.63, 3.8) is 0 Å². The first-order chi connectivity index (χ1) is 14.9. The third-order valence-electron chi connectivity index (χ3n) is 5.69. The number of nitrogens with one attached hydrogen (secondary N) is 1. The lowest BCUT2D eigenvalue weighted by molar-refractivity contribution is 0.0350. The number of piperidine rings is 1. The Kier molecular flexibility index (Phi) is 7.29. The fourth-order valence-electron chi connectivity index (χ4n) is 3.77. The van der Waals surface area contributed by atoms with Crippen LogP contribution in [0.5, 0.6) is 5.75 Å². The maximum atomic E-state index is 10.3. The van der Waals surface area contributed by atoms with Gasteiger partial charge in [0.2, 0.25) is 0 Å². The molecule has 0 radical (unpaired) electrons. The molecule has 1 saturated heterocycles. The smallest absolute Gasteiger partial charge is 0.188 e. The SMILES string of the molecule is Cl.[C-]#[N+]c1ccc2c(N3CCC(C)(O)CC3)nnc(NCc3ccc(OC)c(Cl)c3)c2c1. The van der Waals surface area contributed by atoms with Crippen LogP contribution in [-0.2, 0) is 6.54 Å². The van der Waals surface area contributed by atoms with Crippen molar-refractivity contribution in [3.8, 4) is 5.75 Å². The van der Waals surface area contributed by atoms with Gasteiger partial charge < -0.3 is 20.1 Å². The van der Waals surface area contributed by atoms with Crippen molar-refractivity contribution in [2.24, 2.45) is 0 Å². The number of fused-ring (bicyclic) bond motifs is 1. The summed E-state index contributed by atoms with van der Waals surface area (Å²) >= 11 is 6.24. The number of hydrogen-bond acceptors (Lipinski definition) is 6. The van der Waals surface area contributed by atoms with E-state index in [0.717, 1.165) is 22.2 Å². The zero-order chi connectivity index (χ0) is 22.0. The molecule has 1 aromatic heterocycles. The first-order valence-electron chi connectivity index (χ1n) is 10.1. The second kappa shape index (κ2) is 9.78. The Hall–Kier alpha value is -2.79. The Balaban J connectivity index is 0.00000289. The lowest BCUT2D eigenvalue weighted by atomic mass is 9.93. The van der Waals surface area contributed by atoms with Gasteiger partial charge in [0.05, 0.1) is 24.3 Å². The summed E-state index contributed by atoms with van der Waals surface area (Å²) < 4.78 is 5.21. The zero-order valence-electron chi connectivity index (χ0n) is 17.9. The van der Waals surface area contributed by atoms with Gasteiger partial charge in [-0.3, -0.25) is 0 Å². The average Bonchev–Trinajstić information content (AvgIpc) is 2.77. The molecule has 0 bridgehead atoms. The number of ether oxygens (including phenoxy) is 1. The molecule has 0 aliphatic carbocycles. The molecule has 9 heteroatoms. The summed E-state index contributed by atoms with van der Waals surface area (Å²) in [7, 11) is 1.58. The van der Waals surface area contributed by atoms with Crippen molar-refractivity contribution in [2.75, 3.05) is 30.4 Å². The van der Waals surface area contributed by atoms with Crippen molar-refractivity contribution in [1.82, 2.24) is 10.2 Å². The minimum absolute atomic E-state index is 0. The van der Waals surface area contributed by atoms with Gasteiger partial charge >= 0.3 is 0 Å². The molecule has 3 aromatic rings. The second-order valence-electron chi connectivity index (χ2n) is 8.02. The number of methoxy groups -OCH3 is 1. The topological polar surface area (TPSA) is 74.9 Å². The number of hydrogen-bond donors (Lipinski definition) is 2. The van der Waals surface area contributed by atoms with E-state index in [1.165, 1.54) is 0 Å². The van der Waals surface area contributed by atoms with Crippen LogP contribution in [0.3, 0.4) is 0 Å². The number of aliphatic hydroxyl groups is 1. The molecule has 0 unspecified atom stereocenters. The number of rotatable bonds is 5. The van der Waals surface area contributed by atoms with Crippen LogP contribution in [0.1, 0.15) is 25.3 Å². The maximum absolute atomic E-state index is 10.3. The summed E-state index contributed by atoms with van der Waals surface area (Å²) in [5.41, 5.74) is 0.881. The van der Waals surface area contributed by atoms with E-state index in [0.29, 0.717) is 54.8 Å². The highest BCUT2D eigenvalue weighted by molar-refractivity contribution is 6.32. The molecule has 2 aromatic carbocycles. The van der Waals surface area contributed by atoms with Crippen LogP contribution in [0, 0.1) is 6.57 Å². The van der Waals surface area contributed by atoms with Gasteiger partial charge in [0.1, 0.15) is 5.75 Å². The van der Waals surface area contributed by atoms with Gasteiger partial charge in [-0.15, -0.1) is 22.6 Å². The third kappa shape index (κ3) is 4.99. The fourth-order valence-corrected chi connectivity index (χ4v) is 4.05. The van der Waals surface area contributed by atoms with E-state index in [1.807, 2.05) is 37.3 Å². The van der Waals surface area contributed by atoms with E-state index < -0.39 is 5.60 Å². The summed E-state index contributed by atoms with van der Waals surface area (Å²) in [6.45, 7) is 11.2. The van der Waals surface area contributed by atoms with Crippen molar-refractivity contribution >= 4 is 52.1 Å². The summed E-state index contributed by atoms with van der Waals surface area (Å²) in [4.78, 5) is 5.72. The Morgan fingerprint density at radius 1 is 1.19 bits per heavy atom. The summed E-state index contributed by atoms with van der Waals surface area (Å²) in [5.74, 6) is 2.02. The van der Waals surface area contributed by atoms with E-state index >= 15 is 0 Å². The molecule has 168 valence electrons. The molecule has 7 nitrogen and oxygen atoms in total. The van der Waals surface area contributed by atoms with Gasteiger partial charge in [-0.25, -0.2) is 4.85 Å². The van der Waals surface area contributed by atoms with Crippen LogP contribution < -0.4 is 15.0 Å². The first-order valence-corrected chi connectivity index (χ1v) is 10.5. The third-order valence-corrected chi connectivity index (χ3v) is 5.98. The van der Waals surface area contributed by atoms with Crippen LogP contribution in [0.15, 0.2) is 36.4 Å². The van der Waals surface area contributed by atoms with Crippen LogP contribution >= 0.6 is 24.0 Å². The molecular weight excluding hydrogens is 449 g/mol. The Morgan fingerprint density at radius 3 is 2.59 bits per heavy atom. The van der Waals surface area contributed by atoms with Gasteiger partial charge in [-0.05, 0) is 43.5 Å². The molecule has 1 aliphatic heterocycles. The molecule has 2 heterocycles. The summed E-state index contributed by atoms with van der Waals surface area (Å²) in [5, 5.41) is 24.9. The predicted octanol–water partition coefficient (Wildman–Crippen LogP) is 5.23. The molecule has 0 spiro atoms. The van der Waals surface area contributed by atoms with Gasteiger partial charge in [-0.1, -0.05) is 29.8 Å². The van der Waals surface area contributed by atoms with Crippen LogP contribution in [-0.4, -0.2) is 41.1 Å². The van der Waals surface area contributed by atoms with E-state index in [4.69, 9.17) is 22.9 Å². The van der Waals surface area contributed by atoms with E-state index in [2.05, 4.69) is 25.3 Å². The highest BCUT2D eigenvalue weighted by Crippen LogP contribution is 2.34. The Labute approximate surface area is 198 Å². The van der Waals surface area contributed by atoms with Gasteiger partial charge in [0.15, 0.2) is 17.3 Å². The highest BCUT2D eigenvalue weighted by Gasteiger charge is 2.29. The van der Waals surface area contributed by atoms with E-state index in [-0.39, 0.29) is 12.4 Å². The van der Waals surface area contributed by atoms with Crippen LogP contribution in [0.2, 0.25) is 5.02 Å². The second-order valence-corrected chi connectivity index (χ2v) is 8.43. The minimum atomic E-state index is -0.641. The van der Waals surface area contributed by atoms with E-state index in [1.54, 1.807) is 13.2 Å². The minimum Gasteiger partial charge on any atom is -0.495 e. The van der Waals surface area contributed by atoms with Crippen LogP contribution in [0.4, 0.5) is 17.3 Å². The number of halogens is 2. The number of anilines is 2. The molecule has 0 atom stereocenters. The molecule has 32 heavy (non-hydrogen) atoms. The monoisotopic (exact) mass is 473 g/mol. The number of nitrogens with zero attached hydrogens (tertiary/aromatic N) is 4. The molecule has 4 rings (SSSR count). The normalized spacial score (nSPS) is 15.0. The standard InChI is InChI=1S/C23H24ClN5O2.ClH/c1-23(30)8-10-29(11-9-23)22-17-6-5-16(25-2)13-18(17)21(27-28-22)26-14-15-4-7-20(31-3)19(24)12-15;/h4-7,12-13,30H,8-11,14H2,1,3H3,(H,26,27);1H. The van der Waals surface area contributed by atoms with Crippen molar-refractivity contribution < 1.29 is 9.84 Å². The zero-order valence-corrected chi connectivity index (χ0v) is 19.5. The average molecular weight is 474 g/mol. The highest BCUT2D eigenvalue weighted by atomic mass is 35.5. The number of aromatic nitrogens is 2. The molecule has 1 fully saturated rings. The lowest BCUT2D eigenvalue weighted by Crippen LogP contribution is -2.43. The summed E-state index contributed by atoms with van der Waals surface area (Å²) in [6, 6.07) is 11.2. The lowest BCUT2D eigenvalue weighted by Gasteiger charge is -2.36. The first kappa shape index (κ1) is 23.9. The predicted molar refractivity (Wildman–Crippen MR) is 130 cm³/mol. The van der Waals surface area contributed by atoms with Gasteiger partial charge in [0, 0.05) is 30.4 Å².